The van der Waals surface area contributed by atoms with Crippen LogP contribution in [0, 0.1) is 0 Å². The van der Waals surface area contributed by atoms with Gasteiger partial charge in [0.25, 0.3) is 0 Å². The topological polar surface area (TPSA) is 59.7 Å². The zero-order chi connectivity index (χ0) is 18.9. The number of piperidine rings is 1. The van der Waals surface area contributed by atoms with Gasteiger partial charge in [-0.1, -0.05) is 12.1 Å². The average Bonchev–Trinajstić information content (AvgIpc) is 3.19. The maximum Gasteiger partial charge on any atom is 0.162 e. The molecular formula is C22H22N6. The van der Waals surface area contributed by atoms with Crippen LogP contribution in [-0.4, -0.2) is 37.8 Å². The van der Waals surface area contributed by atoms with Crippen LogP contribution < -0.4 is 4.90 Å². The third-order valence-electron chi connectivity index (χ3n) is 5.59. The second-order valence-corrected chi connectivity index (χ2v) is 7.26. The number of aromatic nitrogens is 5. The van der Waals surface area contributed by atoms with Crippen molar-refractivity contribution < 1.29 is 0 Å². The van der Waals surface area contributed by atoms with E-state index < -0.39 is 0 Å². The third-order valence-corrected chi connectivity index (χ3v) is 5.59. The van der Waals surface area contributed by atoms with Crippen molar-refractivity contribution in [3.05, 3.63) is 66.7 Å². The van der Waals surface area contributed by atoms with Crippen LogP contribution in [-0.2, 0) is 7.05 Å². The van der Waals surface area contributed by atoms with Crippen molar-refractivity contribution in [2.45, 2.75) is 18.8 Å². The molecule has 0 amide bonds. The molecule has 1 aliphatic rings. The summed E-state index contributed by atoms with van der Waals surface area (Å²) in [5.74, 6) is 2.34. The summed E-state index contributed by atoms with van der Waals surface area (Å²) in [5, 5.41) is 5.44. The highest BCUT2D eigenvalue weighted by Gasteiger charge is 2.25. The van der Waals surface area contributed by atoms with Crippen molar-refractivity contribution in [3.63, 3.8) is 0 Å². The van der Waals surface area contributed by atoms with Crippen LogP contribution in [0.5, 0.6) is 0 Å². The Morgan fingerprint density at radius 3 is 2.43 bits per heavy atom. The fourth-order valence-corrected chi connectivity index (χ4v) is 4.10. The summed E-state index contributed by atoms with van der Waals surface area (Å²) < 4.78 is 2.00. The predicted octanol–water partition coefficient (Wildman–Crippen LogP) is 3.81. The van der Waals surface area contributed by atoms with Crippen molar-refractivity contribution in [1.29, 1.82) is 0 Å². The Kier molecular flexibility index (Phi) is 4.24. The van der Waals surface area contributed by atoms with Gasteiger partial charge in [0.1, 0.15) is 5.82 Å². The monoisotopic (exact) mass is 370 g/mol. The highest BCUT2D eigenvalue weighted by molar-refractivity contribution is 5.91. The molecule has 5 rings (SSSR count). The summed E-state index contributed by atoms with van der Waals surface area (Å²) in [5.41, 5.74) is 3.30. The number of rotatable bonds is 3. The van der Waals surface area contributed by atoms with Gasteiger partial charge in [0.05, 0.1) is 5.52 Å². The minimum Gasteiger partial charge on any atom is -0.356 e. The van der Waals surface area contributed by atoms with E-state index in [1.807, 2.05) is 36.1 Å². The molecule has 4 aromatic rings. The molecule has 0 atom stereocenters. The Balaban J connectivity index is 1.49. The number of pyridine rings is 1. The minimum atomic E-state index is 0.552. The van der Waals surface area contributed by atoms with Gasteiger partial charge < -0.3 is 4.90 Å². The number of hydrogen-bond acceptors (Lipinski definition) is 5. The number of fused-ring (bicyclic) bond motifs is 1. The lowest BCUT2D eigenvalue weighted by Crippen LogP contribution is -2.34. The lowest BCUT2D eigenvalue weighted by molar-refractivity contribution is 0.476. The lowest BCUT2D eigenvalue weighted by atomic mass is 9.93. The molecule has 0 spiro atoms. The van der Waals surface area contributed by atoms with Gasteiger partial charge in [-0.05, 0) is 43.2 Å². The summed E-state index contributed by atoms with van der Waals surface area (Å²) in [6, 6.07) is 14.3. The van der Waals surface area contributed by atoms with Crippen molar-refractivity contribution in [1.82, 2.24) is 24.7 Å². The van der Waals surface area contributed by atoms with Crippen molar-refractivity contribution >= 4 is 16.7 Å². The number of aryl methyl sites for hydroxylation is 1. The second-order valence-electron chi connectivity index (χ2n) is 7.26. The summed E-state index contributed by atoms with van der Waals surface area (Å²) in [6.45, 7) is 1.96. The highest BCUT2D eigenvalue weighted by Crippen LogP contribution is 2.33. The first kappa shape index (κ1) is 16.9. The van der Waals surface area contributed by atoms with Crippen LogP contribution in [0.15, 0.2) is 61.1 Å². The van der Waals surface area contributed by atoms with Gasteiger partial charge in [0, 0.05) is 61.3 Å². The Labute approximate surface area is 163 Å². The molecule has 6 heteroatoms. The van der Waals surface area contributed by atoms with E-state index >= 15 is 0 Å². The van der Waals surface area contributed by atoms with E-state index in [-0.39, 0.29) is 0 Å². The molecule has 0 N–H and O–H groups in total. The third kappa shape index (κ3) is 3.01. The number of anilines is 1. The smallest absolute Gasteiger partial charge is 0.162 e. The number of benzene rings is 1. The van der Waals surface area contributed by atoms with Crippen molar-refractivity contribution in [2.24, 2.45) is 7.05 Å². The molecule has 1 aliphatic heterocycles. The maximum absolute atomic E-state index is 4.97. The van der Waals surface area contributed by atoms with E-state index in [0.717, 1.165) is 54.0 Å². The second kappa shape index (κ2) is 7.03. The Morgan fingerprint density at radius 2 is 1.68 bits per heavy atom. The van der Waals surface area contributed by atoms with Gasteiger partial charge in [-0.15, -0.1) is 0 Å². The molecule has 0 aliphatic carbocycles. The molecule has 0 radical (unpaired) electrons. The molecule has 4 heterocycles. The highest BCUT2D eigenvalue weighted by atomic mass is 15.3. The van der Waals surface area contributed by atoms with Crippen LogP contribution >= 0.6 is 0 Å². The summed E-state index contributed by atoms with van der Waals surface area (Å²) >= 11 is 0. The molecule has 0 saturated carbocycles. The van der Waals surface area contributed by atoms with Gasteiger partial charge in [-0.3, -0.25) is 9.67 Å². The molecule has 28 heavy (non-hydrogen) atoms. The van der Waals surface area contributed by atoms with Gasteiger partial charge in [0.15, 0.2) is 5.82 Å². The number of hydrogen-bond donors (Lipinski definition) is 0. The summed E-state index contributed by atoms with van der Waals surface area (Å²) in [4.78, 5) is 16.3. The van der Waals surface area contributed by atoms with Crippen molar-refractivity contribution in [3.8, 4) is 11.4 Å². The fraction of sp³-hybridized carbons (Fsp3) is 0.273. The fourth-order valence-electron chi connectivity index (χ4n) is 4.10. The summed E-state index contributed by atoms with van der Waals surface area (Å²) in [7, 11) is 2.03. The Hall–Kier alpha value is -3.28. The Morgan fingerprint density at radius 1 is 0.893 bits per heavy atom. The van der Waals surface area contributed by atoms with E-state index in [9.17, 15) is 0 Å². The van der Waals surface area contributed by atoms with Crippen LogP contribution in [0.2, 0.25) is 0 Å². The molecule has 1 saturated heterocycles. The van der Waals surface area contributed by atoms with E-state index in [1.165, 1.54) is 5.69 Å². The molecule has 3 aromatic heterocycles. The largest absolute Gasteiger partial charge is 0.356 e. The van der Waals surface area contributed by atoms with E-state index in [2.05, 4.69) is 39.2 Å². The Bertz CT molecular complexity index is 1100. The SMILES string of the molecule is Cn1nccc1C1CCN(c2nc(-c3ccncc3)nc3ccccc23)CC1. The van der Waals surface area contributed by atoms with Gasteiger partial charge in [-0.25, -0.2) is 9.97 Å². The van der Waals surface area contributed by atoms with E-state index in [4.69, 9.17) is 9.97 Å². The first-order chi connectivity index (χ1) is 13.8. The molecule has 140 valence electrons. The lowest BCUT2D eigenvalue weighted by Gasteiger charge is -2.33. The molecule has 1 fully saturated rings. The molecule has 6 nitrogen and oxygen atoms in total. The normalized spacial score (nSPS) is 15.2. The minimum absolute atomic E-state index is 0.552. The summed E-state index contributed by atoms with van der Waals surface area (Å²) in [6.07, 6.45) is 7.66. The molecule has 0 unspecified atom stereocenters. The van der Waals surface area contributed by atoms with Crippen molar-refractivity contribution in [2.75, 3.05) is 18.0 Å². The van der Waals surface area contributed by atoms with Crippen LogP contribution in [0.25, 0.3) is 22.3 Å². The first-order valence-electron chi connectivity index (χ1n) is 9.69. The quantitative estimate of drug-likeness (QED) is 0.549. The maximum atomic E-state index is 4.97. The van der Waals surface area contributed by atoms with Crippen LogP contribution in [0.1, 0.15) is 24.5 Å². The first-order valence-corrected chi connectivity index (χ1v) is 9.69. The number of nitrogens with zero attached hydrogens (tertiary/aromatic N) is 6. The average molecular weight is 370 g/mol. The standard InChI is InChI=1S/C22H22N6/c1-27-20(8-13-24-27)16-9-14-28(15-10-16)22-18-4-2-3-5-19(18)25-21(26-22)17-6-11-23-12-7-17/h2-8,11-13,16H,9-10,14-15H2,1H3. The van der Waals surface area contributed by atoms with E-state index in [1.54, 1.807) is 12.4 Å². The zero-order valence-electron chi connectivity index (χ0n) is 15.9. The zero-order valence-corrected chi connectivity index (χ0v) is 15.9. The predicted molar refractivity (Wildman–Crippen MR) is 110 cm³/mol. The van der Waals surface area contributed by atoms with Gasteiger partial charge in [-0.2, -0.15) is 5.10 Å². The van der Waals surface area contributed by atoms with Crippen LogP contribution in [0.3, 0.4) is 0 Å². The van der Waals surface area contributed by atoms with Gasteiger partial charge in [0.2, 0.25) is 0 Å². The molecular weight excluding hydrogens is 348 g/mol. The van der Waals surface area contributed by atoms with E-state index in [0.29, 0.717) is 5.92 Å². The van der Waals surface area contributed by atoms with Crippen LogP contribution in [0.4, 0.5) is 5.82 Å². The van der Waals surface area contributed by atoms with Gasteiger partial charge >= 0.3 is 0 Å². The molecule has 0 bridgehead atoms. The number of para-hydroxylation sites is 1. The molecule has 1 aromatic carbocycles.